The van der Waals surface area contributed by atoms with Crippen molar-refractivity contribution in [2.24, 2.45) is 11.3 Å². The molecule has 4 heteroatoms. The maximum atomic E-state index is 13.5. The molecule has 0 fully saturated rings. The number of benzene rings is 1. The van der Waals surface area contributed by atoms with E-state index in [-0.39, 0.29) is 23.7 Å². The normalized spacial score (nSPS) is 13.1. The first-order valence-electron chi connectivity index (χ1n) is 6.88. The number of amides is 1. The van der Waals surface area contributed by atoms with E-state index in [1.807, 2.05) is 0 Å². The van der Waals surface area contributed by atoms with Crippen molar-refractivity contribution >= 4 is 21.8 Å². The number of nitrogens with one attached hydrogen (secondary N) is 1. The lowest BCUT2D eigenvalue weighted by molar-refractivity contribution is -0.122. The number of halogens is 2. The van der Waals surface area contributed by atoms with Gasteiger partial charge in [-0.3, -0.25) is 4.79 Å². The van der Waals surface area contributed by atoms with Gasteiger partial charge in [-0.05, 0) is 36.0 Å². The molecule has 1 aromatic rings. The van der Waals surface area contributed by atoms with E-state index >= 15 is 0 Å². The third kappa shape index (κ3) is 6.51. The van der Waals surface area contributed by atoms with Crippen LogP contribution in [-0.4, -0.2) is 5.91 Å². The number of carbonyl (C=O) groups excluding carboxylic acids is 1. The monoisotopic (exact) mass is 343 g/mol. The molecule has 0 saturated heterocycles. The van der Waals surface area contributed by atoms with Gasteiger partial charge in [0.1, 0.15) is 5.82 Å². The Morgan fingerprint density at radius 3 is 2.65 bits per heavy atom. The van der Waals surface area contributed by atoms with Crippen LogP contribution in [0.2, 0.25) is 0 Å². The van der Waals surface area contributed by atoms with Crippen LogP contribution in [0.3, 0.4) is 0 Å². The molecule has 0 radical (unpaired) electrons. The first-order valence-corrected chi connectivity index (χ1v) is 7.67. The van der Waals surface area contributed by atoms with Crippen molar-refractivity contribution in [1.82, 2.24) is 5.32 Å². The van der Waals surface area contributed by atoms with Gasteiger partial charge in [0.2, 0.25) is 5.91 Å². The molecule has 1 amide bonds. The zero-order chi connectivity index (χ0) is 15.3. The largest absolute Gasteiger partial charge is 0.352 e. The summed E-state index contributed by atoms with van der Waals surface area (Å²) in [7, 11) is 0. The first-order chi connectivity index (χ1) is 9.17. The molecule has 1 rings (SSSR count). The van der Waals surface area contributed by atoms with Gasteiger partial charge in [-0.2, -0.15) is 0 Å². The summed E-state index contributed by atoms with van der Waals surface area (Å²) in [4.78, 5) is 11.9. The van der Waals surface area contributed by atoms with Crippen LogP contribution >= 0.6 is 15.9 Å². The van der Waals surface area contributed by atoms with E-state index in [0.29, 0.717) is 17.9 Å². The van der Waals surface area contributed by atoms with E-state index in [1.54, 1.807) is 12.1 Å². The fourth-order valence-corrected chi connectivity index (χ4v) is 2.79. The minimum Gasteiger partial charge on any atom is -0.352 e. The quantitative estimate of drug-likeness (QED) is 0.827. The molecule has 0 spiro atoms. The minimum atomic E-state index is -0.295. The predicted octanol–water partition coefficient (Wildman–Crippen LogP) is 4.67. The van der Waals surface area contributed by atoms with Crippen LogP contribution < -0.4 is 5.32 Å². The SMILES string of the molecule is CC(CC(=O)NCc1cc(Br)ccc1F)CC(C)(C)C. The molecule has 0 aliphatic carbocycles. The summed E-state index contributed by atoms with van der Waals surface area (Å²) >= 11 is 3.30. The van der Waals surface area contributed by atoms with Crippen LogP contribution in [0.1, 0.15) is 46.1 Å². The highest BCUT2D eigenvalue weighted by atomic mass is 79.9. The zero-order valence-electron chi connectivity index (χ0n) is 12.6. The average molecular weight is 344 g/mol. The zero-order valence-corrected chi connectivity index (χ0v) is 14.2. The smallest absolute Gasteiger partial charge is 0.220 e. The van der Waals surface area contributed by atoms with E-state index in [4.69, 9.17) is 0 Å². The second kappa shape index (κ2) is 7.21. The second-order valence-electron chi connectivity index (χ2n) is 6.59. The number of rotatable bonds is 5. The van der Waals surface area contributed by atoms with Gasteiger partial charge in [0, 0.05) is 23.0 Å². The van der Waals surface area contributed by atoms with Gasteiger partial charge in [-0.15, -0.1) is 0 Å². The number of carbonyl (C=O) groups is 1. The van der Waals surface area contributed by atoms with E-state index in [0.717, 1.165) is 10.9 Å². The topological polar surface area (TPSA) is 29.1 Å². The third-order valence-corrected chi connectivity index (χ3v) is 3.47. The van der Waals surface area contributed by atoms with Crippen molar-refractivity contribution in [3.8, 4) is 0 Å². The highest BCUT2D eigenvalue weighted by Crippen LogP contribution is 2.25. The van der Waals surface area contributed by atoms with Crippen LogP contribution in [-0.2, 0) is 11.3 Å². The van der Waals surface area contributed by atoms with Gasteiger partial charge >= 0.3 is 0 Å². The second-order valence-corrected chi connectivity index (χ2v) is 7.50. The molecule has 112 valence electrons. The Morgan fingerprint density at radius 2 is 2.05 bits per heavy atom. The lowest BCUT2D eigenvalue weighted by Crippen LogP contribution is -2.26. The maximum absolute atomic E-state index is 13.5. The van der Waals surface area contributed by atoms with Crippen LogP contribution in [0.5, 0.6) is 0 Å². The summed E-state index contributed by atoms with van der Waals surface area (Å²) in [5.41, 5.74) is 0.715. The number of hydrogen-bond donors (Lipinski definition) is 1. The van der Waals surface area contributed by atoms with E-state index < -0.39 is 0 Å². The Bertz CT molecular complexity index is 468. The molecular formula is C16H23BrFNO. The van der Waals surface area contributed by atoms with Gasteiger partial charge in [0.05, 0.1) is 0 Å². The molecule has 1 N–H and O–H groups in total. The molecular weight excluding hydrogens is 321 g/mol. The summed E-state index contributed by atoms with van der Waals surface area (Å²) < 4.78 is 14.3. The molecule has 0 aliphatic rings. The molecule has 0 bridgehead atoms. The van der Waals surface area contributed by atoms with Gasteiger partial charge in [-0.1, -0.05) is 43.6 Å². The fourth-order valence-electron chi connectivity index (χ4n) is 2.38. The predicted molar refractivity (Wildman–Crippen MR) is 83.8 cm³/mol. The Labute approximate surface area is 129 Å². The van der Waals surface area contributed by atoms with E-state index in [2.05, 4.69) is 48.9 Å². The lowest BCUT2D eigenvalue weighted by atomic mass is 9.84. The van der Waals surface area contributed by atoms with Gasteiger partial charge < -0.3 is 5.32 Å². The molecule has 1 atom stereocenters. The summed E-state index contributed by atoms with van der Waals surface area (Å²) in [5, 5.41) is 2.78. The van der Waals surface area contributed by atoms with Crippen molar-refractivity contribution < 1.29 is 9.18 Å². The Morgan fingerprint density at radius 1 is 1.40 bits per heavy atom. The molecule has 1 aromatic carbocycles. The molecule has 1 unspecified atom stereocenters. The Kier molecular flexibility index (Phi) is 6.18. The van der Waals surface area contributed by atoms with Crippen molar-refractivity contribution in [3.05, 3.63) is 34.1 Å². The van der Waals surface area contributed by atoms with Crippen molar-refractivity contribution in [3.63, 3.8) is 0 Å². The standard InChI is InChI=1S/C16H23BrFNO/c1-11(9-16(2,3)4)7-15(20)19-10-12-8-13(17)5-6-14(12)18/h5-6,8,11H,7,9-10H2,1-4H3,(H,19,20). The van der Waals surface area contributed by atoms with Gasteiger partial charge in [0.15, 0.2) is 0 Å². The van der Waals surface area contributed by atoms with Crippen LogP contribution in [0, 0.1) is 17.2 Å². The summed E-state index contributed by atoms with van der Waals surface area (Å²) in [5.74, 6) is -0.000257. The average Bonchev–Trinajstić information content (AvgIpc) is 2.27. The molecule has 0 saturated carbocycles. The third-order valence-electron chi connectivity index (χ3n) is 2.98. The van der Waals surface area contributed by atoms with Crippen molar-refractivity contribution in [2.45, 2.75) is 47.1 Å². The lowest BCUT2D eigenvalue weighted by Gasteiger charge is -2.22. The highest BCUT2D eigenvalue weighted by molar-refractivity contribution is 9.10. The van der Waals surface area contributed by atoms with Crippen molar-refractivity contribution in [2.75, 3.05) is 0 Å². The van der Waals surface area contributed by atoms with E-state index in [1.165, 1.54) is 6.07 Å². The maximum Gasteiger partial charge on any atom is 0.220 e. The highest BCUT2D eigenvalue weighted by Gasteiger charge is 2.17. The summed E-state index contributed by atoms with van der Waals surface area (Å²) in [6.45, 7) is 8.80. The van der Waals surface area contributed by atoms with Gasteiger partial charge in [0.25, 0.3) is 0 Å². The van der Waals surface area contributed by atoms with Crippen LogP contribution in [0.25, 0.3) is 0 Å². The van der Waals surface area contributed by atoms with E-state index in [9.17, 15) is 9.18 Å². The van der Waals surface area contributed by atoms with Gasteiger partial charge in [-0.25, -0.2) is 4.39 Å². The summed E-state index contributed by atoms with van der Waals surface area (Å²) in [6, 6.07) is 4.73. The van der Waals surface area contributed by atoms with Crippen LogP contribution in [0.15, 0.2) is 22.7 Å². The Hall–Kier alpha value is -0.900. The molecule has 0 aromatic heterocycles. The Balaban J connectivity index is 2.45. The molecule has 0 heterocycles. The first kappa shape index (κ1) is 17.2. The summed E-state index contributed by atoms with van der Waals surface area (Å²) in [6.07, 6.45) is 1.47. The molecule has 2 nitrogen and oxygen atoms in total. The molecule has 20 heavy (non-hydrogen) atoms. The number of hydrogen-bond acceptors (Lipinski definition) is 1. The van der Waals surface area contributed by atoms with Crippen LogP contribution in [0.4, 0.5) is 4.39 Å². The van der Waals surface area contributed by atoms with Crippen molar-refractivity contribution in [1.29, 1.82) is 0 Å². The minimum absolute atomic E-state index is 0.0267. The fraction of sp³-hybridized carbons (Fsp3) is 0.562. The molecule has 0 aliphatic heterocycles.